The number of nitro groups is 1. The number of nitrogens with zero attached hydrogens (tertiary/aromatic N) is 2. The molecule has 2 rings (SSSR count). The van der Waals surface area contributed by atoms with E-state index in [1.54, 1.807) is 19.2 Å². The van der Waals surface area contributed by atoms with Crippen molar-refractivity contribution in [1.82, 2.24) is 15.5 Å². The number of rotatable bonds is 8. The fourth-order valence-electron chi connectivity index (χ4n) is 2.23. The number of nitrogens with one attached hydrogen (secondary N) is 2. The minimum Gasteiger partial charge on any atom is -0.493 e. The van der Waals surface area contributed by atoms with Crippen molar-refractivity contribution in [3.8, 4) is 17.4 Å². The predicted octanol–water partition coefficient (Wildman–Crippen LogP) is 1.32. The van der Waals surface area contributed by atoms with Crippen molar-refractivity contribution in [3.05, 3.63) is 39.6 Å². The normalized spacial score (nSPS) is 10.2. The van der Waals surface area contributed by atoms with Crippen LogP contribution in [-0.2, 0) is 6.42 Å². The van der Waals surface area contributed by atoms with E-state index in [-0.39, 0.29) is 18.1 Å². The van der Waals surface area contributed by atoms with Gasteiger partial charge in [0.1, 0.15) is 0 Å². The molecule has 1 aromatic carbocycles. The van der Waals surface area contributed by atoms with Crippen LogP contribution in [0.25, 0.3) is 0 Å². The highest BCUT2D eigenvalue weighted by Gasteiger charge is 2.29. The maximum absolute atomic E-state index is 12.1. The molecular formula is C15H18N4O6. The van der Waals surface area contributed by atoms with Crippen LogP contribution in [0.2, 0.25) is 0 Å². The van der Waals surface area contributed by atoms with Gasteiger partial charge in [0.25, 0.3) is 5.91 Å². The molecule has 0 atom stereocenters. The number of ether oxygens (including phenoxy) is 3. The molecule has 10 heteroatoms. The van der Waals surface area contributed by atoms with Crippen molar-refractivity contribution < 1.29 is 23.9 Å². The minimum absolute atomic E-state index is 0.241. The second-order valence-electron chi connectivity index (χ2n) is 4.91. The van der Waals surface area contributed by atoms with Gasteiger partial charge in [-0.05, 0) is 24.1 Å². The van der Waals surface area contributed by atoms with E-state index in [0.29, 0.717) is 17.9 Å². The highest BCUT2D eigenvalue weighted by Crippen LogP contribution is 2.28. The number of hydrogen-bond acceptors (Lipinski definition) is 7. The van der Waals surface area contributed by atoms with E-state index in [4.69, 9.17) is 14.2 Å². The summed E-state index contributed by atoms with van der Waals surface area (Å²) < 4.78 is 15.1. The zero-order chi connectivity index (χ0) is 18.4. The summed E-state index contributed by atoms with van der Waals surface area (Å²) in [6.45, 7) is 0.271. The van der Waals surface area contributed by atoms with Gasteiger partial charge in [-0.2, -0.15) is 0 Å². The summed E-state index contributed by atoms with van der Waals surface area (Å²) >= 11 is 0. The van der Waals surface area contributed by atoms with Crippen LogP contribution in [0, 0.1) is 10.1 Å². The number of hydrogen-bond donors (Lipinski definition) is 2. The van der Waals surface area contributed by atoms with Gasteiger partial charge in [0.2, 0.25) is 5.69 Å². The third-order valence-corrected chi connectivity index (χ3v) is 3.46. The quantitative estimate of drug-likeness (QED) is 0.542. The lowest BCUT2D eigenvalue weighted by molar-refractivity contribution is -0.386. The van der Waals surface area contributed by atoms with Crippen LogP contribution in [0.3, 0.4) is 0 Å². The van der Waals surface area contributed by atoms with E-state index in [2.05, 4.69) is 15.5 Å². The highest BCUT2D eigenvalue weighted by molar-refractivity contribution is 5.97. The maximum atomic E-state index is 12.1. The summed E-state index contributed by atoms with van der Waals surface area (Å²) in [7, 11) is 4.32. The van der Waals surface area contributed by atoms with Crippen molar-refractivity contribution in [2.45, 2.75) is 6.42 Å². The Morgan fingerprint density at radius 2 is 1.96 bits per heavy atom. The Hall–Kier alpha value is -3.30. The molecule has 0 aliphatic carbocycles. The van der Waals surface area contributed by atoms with Crippen LogP contribution in [0.1, 0.15) is 16.1 Å². The molecule has 1 amide bonds. The van der Waals surface area contributed by atoms with Crippen molar-refractivity contribution >= 4 is 11.6 Å². The molecule has 0 bridgehead atoms. The van der Waals surface area contributed by atoms with Crippen molar-refractivity contribution in [1.29, 1.82) is 0 Å². The van der Waals surface area contributed by atoms with E-state index < -0.39 is 16.5 Å². The van der Waals surface area contributed by atoms with Gasteiger partial charge in [-0.1, -0.05) is 6.07 Å². The molecule has 0 radical (unpaired) electrons. The van der Waals surface area contributed by atoms with E-state index in [1.807, 2.05) is 6.07 Å². The van der Waals surface area contributed by atoms with Crippen LogP contribution in [-0.4, -0.2) is 48.9 Å². The first-order chi connectivity index (χ1) is 12.0. The largest absolute Gasteiger partial charge is 0.493 e. The van der Waals surface area contributed by atoms with Gasteiger partial charge in [0.15, 0.2) is 11.5 Å². The van der Waals surface area contributed by atoms with E-state index in [0.717, 1.165) is 5.56 Å². The van der Waals surface area contributed by atoms with Crippen molar-refractivity contribution in [2.24, 2.45) is 0 Å². The Bertz CT molecular complexity index is 773. The van der Waals surface area contributed by atoms with Crippen LogP contribution >= 0.6 is 0 Å². The Morgan fingerprint density at radius 1 is 1.24 bits per heavy atom. The van der Waals surface area contributed by atoms with Crippen LogP contribution in [0.4, 0.5) is 5.69 Å². The molecule has 1 heterocycles. The number of carbonyl (C=O) groups excluding carboxylic acids is 1. The second kappa shape index (κ2) is 7.99. The topological polar surface area (TPSA) is 129 Å². The fraction of sp³-hybridized carbons (Fsp3) is 0.333. The predicted molar refractivity (Wildman–Crippen MR) is 87.4 cm³/mol. The van der Waals surface area contributed by atoms with Crippen LogP contribution < -0.4 is 19.5 Å². The summed E-state index contributed by atoms with van der Waals surface area (Å²) in [5, 5.41) is 19.6. The molecule has 0 saturated carbocycles. The minimum atomic E-state index is -0.717. The summed E-state index contributed by atoms with van der Waals surface area (Å²) in [6.07, 6.45) is 0.505. The highest BCUT2D eigenvalue weighted by atomic mass is 16.6. The number of carbonyl (C=O) groups is 1. The molecule has 2 N–H and O–H groups in total. The number of H-pyrrole nitrogens is 1. The molecular weight excluding hydrogens is 332 g/mol. The number of aromatic amines is 1. The lowest BCUT2D eigenvalue weighted by atomic mass is 10.1. The number of methoxy groups -OCH3 is 3. The summed E-state index contributed by atoms with van der Waals surface area (Å²) in [5.41, 5.74) is 0.162. The summed E-state index contributed by atoms with van der Waals surface area (Å²) in [5.74, 6) is 0.314. The molecule has 10 nitrogen and oxygen atoms in total. The van der Waals surface area contributed by atoms with Gasteiger partial charge < -0.3 is 19.5 Å². The van der Waals surface area contributed by atoms with Gasteiger partial charge in [-0.25, -0.2) is 0 Å². The molecule has 2 aromatic rings. The molecule has 1 aromatic heterocycles. The van der Waals surface area contributed by atoms with Gasteiger partial charge in [-0.3, -0.25) is 20.0 Å². The Balaban J connectivity index is 2.02. The lowest BCUT2D eigenvalue weighted by Crippen LogP contribution is -2.26. The molecule has 0 saturated heterocycles. The van der Waals surface area contributed by atoms with Crippen molar-refractivity contribution in [3.63, 3.8) is 0 Å². The fourth-order valence-corrected chi connectivity index (χ4v) is 2.23. The molecule has 134 valence electrons. The number of benzene rings is 1. The Labute approximate surface area is 143 Å². The summed E-state index contributed by atoms with van der Waals surface area (Å²) in [4.78, 5) is 22.5. The Kier molecular flexibility index (Phi) is 5.77. The first-order valence-electron chi connectivity index (χ1n) is 7.27. The third-order valence-electron chi connectivity index (χ3n) is 3.46. The van der Waals surface area contributed by atoms with Gasteiger partial charge in [-0.15, -0.1) is 5.10 Å². The van der Waals surface area contributed by atoms with Crippen molar-refractivity contribution in [2.75, 3.05) is 27.9 Å². The first-order valence-corrected chi connectivity index (χ1v) is 7.27. The second-order valence-corrected chi connectivity index (χ2v) is 4.91. The number of amides is 1. The molecule has 0 fully saturated rings. The first kappa shape index (κ1) is 18.0. The monoisotopic (exact) mass is 350 g/mol. The van der Waals surface area contributed by atoms with Crippen LogP contribution in [0.15, 0.2) is 18.2 Å². The maximum Gasteiger partial charge on any atom is 0.362 e. The average molecular weight is 350 g/mol. The van der Waals surface area contributed by atoms with Gasteiger partial charge in [0, 0.05) is 6.54 Å². The molecule has 0 unspecified atom stereocenters. The summed E-state index contributed by atoms with van der Waals surface area (Å²) in [6, 6.07) is 5.41. The molecule has 0 aliphatic rings. The molecule has 0 aliphatic heterocycles. The third kappa shape index (κ3) is 3.97. The number of aromatic nitrogens is 2. The van der Waals surface area contributed by atoms with Gasteiger partial charge in [0.05, 0.1) is 26.3 Å². The van der Waals surface area contributed by atoms with Gasteiger partial charge >= 0.3 is 11.6 Å². The zero-order valence-electron chi connectivity index (χ0n) is 14.0. The van der Waals surface area contributed by atoms with E-state index >= 15 is 0 Å². The van der Waals surface area contributed by atoms with Crippen LogP contribution in [0.5, 0.6) is 17.4 Å². The lowest BCUT2D eigenvalue weighted by Gasteiger charge is -2.09. The SMILES string of the molecule is COc1ccc(CCNC(=O)c2[nH]nc(OC)c2[N+](=O)[O-])cc1OC. The zero-order valence-corrected chi connectivity index (χ0v) is 14.0. The average Bonchev–Trinajstić information content (AvgIpc) is 3.05. The molecule has 25 heavy (non-hydrogen) atoms. The van der Waals surface area contributed by atoms with E-state index in [9.17, 15) is 14.9 Å². The standard InChI is InChI=1S/C15H18N4O6/c1-23-10-5-4-9(8-11(10)24-2)6-7-16-14(20)12-13(19(21)22)15(25-3)18-17-12/h4-5,8H,6-7H2,1-3H3,(H,16,20)(H,17,18). The smallest absolute Gasteiger partial charge is 0.362 e. The molecule has 0 spiro atoms. The Morgan fingerprint density at radius 3 is 2.56 bits per heavy atom. The van der Waals surface area contributed by atoms with E-state index in [1.165, 1.54) is 14.2 Å².